The standard InChI is InChI=1S/C25H26N2O4/c1-17-8-12-22-21(14-17)27(24(28)16-30-22)15-20-11-13-23(31-20)25(29)26-18(2)9-10-19-6-4-3-5-7-19/h3-8,11-14,18H,9-10,15-16H2,1-2H3,(H,26,29)/t18-/m1/s1. The van der Waals surface area contributed by atoms with Gasteiger partial charge in [-0.3, -0.25) is 14.5 Å². The molecule has 6 heteroatoms. The fraction of sp³-hybridized carbons (Fsp3) is 0.280. The first kappa shape index (κ1) is 20.7. The van der Waals surface area contributed by atoms with Crippen LogP contribution in [-0.2, 0) is 17.8 Å². The van der Waals surface area contributed by atoms with Gasteiger partial charge in [-0.05, 0) is 62.1 Å². The molecular formula is C25H26N2O4. The molecular weight excluding hydrogens is 392 g/mol. The van der Waals surface area contributed by atoms with E-state index in [4.69, 9.17) is 9.15 Å². The van der Waals surface area contributed by atoms with Gasteiger partial charge in [0.15, 0.2) is 12.4 Å². The lowest BCUT2D eigenvalue weighted by atomic mass is 10.1. The lowest BCUT2D eigenvalue weighted by molar-refractivity contribution is -0.121. The van der Waals surface area contributed by atoms with E-state index in [1.807, 2.05) is 50.2 Å². The van der Waals surface area contributed by atoms with Gasteiger partial charge in [0.1, 0.15) is 11.5 Å². The number of amides is 2. The maximum Gasteiger partial charge on any atom is 0.287 e. The Morgan fingerprint density at radius 3 is 2.74 bits per heavy atom. The molecule has 1 aromatic heterocycles. The summed E-state index contributed by atoms with van der Waals surface area (Å²) in [5.41, 5.74) is 2.99. The summed E-state index contributed by atoms with van der Waals surface area (Å²) in [6, 6.07) is 19.3. The molecule has 1 N–H and O–H groups in total. The Labute approximate surface area is 181 Å². The van der Waals surface area contributed by atoms with E-state index in [0.717, 1.165) is 18.4 Å². The van der Waals surface area contributed by atoms with E-state index < -0.39 is 0 Å². The number of fused-ring (bicyclic) bond motifs is 1. The molecule has 0 spiro atoms. The van der Waals surface area contributed by atoms with Gasteiger partial charge in [-0.25, -0.2) is 0 Å². The van der Waals surface area contributed by atoms with Gasteiger partial charge in [0, 0.05) is 6.04 Å². The summed E-state index contributed by atoms with van der Waals surface area (Å²) in [6.45, 7) is 4.18. The van der Waals surface area contributed by atoms with Crippen molar-refractivity contribution in [2.45, 2.75) is 39.3 Å². The summed E-state index contributed by atoms with van der Waals surface area (Å²) in [4.78, 5) is 26.6. The third kappa shape index (κ3) is 4.97. The van der Waals surface area contributed by atoms with Crippen LogP contribution in [0.5, 0.6) is 5.75 Å². The zero-order valence-electron chi connectivity index (χ0n) is 17.8. The van der Waals surface area contributed by atoms with Crippen LogP contribution in [0.4, 0.5) is 5.69 Å². The highest BCUT2D eigenvalue weighted by molar-refractivity contribution is 5.97. The fourth-order valence-corrected chi connectivity index (χ4v) is 3.62. The average molecular weight is 418 g/mol. The van der Waals surface area contributed by atoms with E-state index in [1.165, 1.54) is 5.56 Å². The maximum absolute atomic E-state index is 12.6. The Bertz CT molecular complexity index is 1070. The van der Waals surface area contributed by atoms with Gasteiger partial charge < -0.3 is 14.5 Å². The van der Waals surface area contributed by atoms with Gasteiger partial charge in [-0.2, -0.15) is 0 Å². The molecule has 2 aromatic carbocycles. The third-order valence-corrected chi connectivity index (χ3v) is 5.34. The molecule has 0 aliphatic carbocycles. The molecule has 0 saturated carbocycles. The minimum atomic E-state index is -0.253. The van der Waals surface area contributed by atoms with E-state index in [9.17, 15) is 9.59 Å². The Hall–Kier alpha value is -3.54. The normalized spacial score (nSPS) is 14.0. The number of nitrogens with zero attached hydrogens (tertiary/aromatic N) is 1. The van der Waals surface area contributed by atoms with Crippen LogP contribution in [0, 0.1) is 6.92 Å². The Balaban J connectivity index is 1.37. The van der Waals surface area contributed by atoms with Crippen LogP contribution >= 0.6 is 0 Å². The molecule has 31 heavy (non-hydrogen) atoms. The lowest BCUT2D eigenvalue weighted by Gasteiger charge is -2.29. The predicted molar refractivity (Wildman–Crippen MR) is 118 cm³/mol. The number of hydrogen-bond donors (Lipinski definition) is 1. The summed E-state index contributed by atoms with van der Waals surface area (Å²) < 4.78 is 11.3. The predicted octanol–water partition coefficient (Wildman–Crippen LogP) is 4.26. The van der Waals surface area contributed by atoms with Gasteiger partial charge in [-0.1, -0.05) is 36.4 Å². The molecule has 1 aliphatic rings. The largest absolute Gasteiger partial charge is 0.482 e. The second-order valence-corrected chi connectivity index (χ2v) is 7.90. The van der Waals surface area contributed by atoms with Crippen LogP contribution in [0.1, 0.15) is 40.8 Å². The third-order valence-electron chi connectivity index (χ3n) is 5.34. The average Bonchev–Trinajstić information content (AvgIpc) is 3.24. The Morgan fingerprint density at radius 1 is 1.13 bits per heavy atom. The molecule has 0 unspecified atom stereocenters. The summed E-state index contributed by atoms with van der Waals surface area (Å²) in [7, 11) is 0. The molecule has 1 aliphatic heterocycles. The molecule has 3 aromatic rings. The minimum Gasteiger partial charge on any atom is -0.482 e. The number of carbonyl (C=O) groups excluding carboxylic acids is 2. The molecule has 2 amide bonds. The lowest BCUT2D eigenvalue weighted by Crippen LogP contribution is -2.38. The first-order valence-corrected chi connectivity index (χ1v) is 10.5. The van der Waals surface area contributed by atoms with Crippen molar-refractivity contribution in [3.63, 3.8) is 0 Å². The van der Waals surface area contributed by atoms with Crippen molar-refractivity contribution in [1.29, 1.82) is 0 Å². The summed E-state index contributed by atoms with van der Waals surface area (Å²) in [5, 5.41) is 2.98. The van der Waals surface area contributed by atoms with E-state index in [0.29, 0.717) is 17.2 Å². The van der Waals surface area contributed by atoms with Crippen molar-refractivity contribution < 1.29 is 18.7 Å². The highest BCUT2D eigenvalue weighted by Gasteiger charge is 2.27. The summed E-state index contributed by atoms with van der Waals surface area (Å²) >= 11 is 0. The number of carbonyl (C=O) groups is 2. The van der Waals surface area contributed by atoms with E-state index >= 15 is 0 Å². The molecule has 0 fully saturated rings. The maximum atomic E-state index is 12.6. The number of benzene rings is 2. The van der Waals surface area contributed by atoms with Crippen LogP contribution in [0.25, 0.3) is 0 Å². The quantitative estimate of drug-likeness (QED) is 0.622. The van der Waals surface area contributed by atoms with E-state index in [1.54, 1.807) is 17.0 Å². The molecule has 2 heterocycles. The number of anilines is 1. The first-order chi connectivity index (χ1) is 15.0. The van der Waals surface area contributed by atoms with Crippen molar-refractivity contribution in [3.8, 4) is 5.75 Å². The molecule has 4 rings (SSSR count). The number of rotatable bonds is 7. The SMILES string of the molecule is Cc1ccc2c(c1)N(Cc1ccc(C(=O)N[C@H](C)CCc3ccccc3)o1)C(=O)CO2. The van der Waals surface area contributed by atoms with Crippen molar-refractivity contribution in [1.82, 2.24) is 5.32 Å². The van der Waals surface area contributed by atoms with Gasteiger partial charge in [0.2, 0.25) is 0 Å². The van der Waals surface area contributed by atoms with E-state index in [2.05, 4.69) is 17.4 Å². The van der Waals surface area contributed by atoms with Crippen LogP contribution in [0.2, 0.25) is 0 Å². The molecule has 1 atom stereocenters. The van der Waals surface area contributed by atoms with Gasteiger partial charge in [-0.15, -0.1) is 0 Å². The van der Waals surface area contributed by atoms with Crippen molar-refractivity contribution in [2.24, 2.45) is 0 Å². The Kier molecular flexibility index (Phi) is 6.07. The monoisotopic (exact) mass is 418 g/mol. The molecule has 0 saturated heterocycles. The summed E-state index contributed by atoms with van der Waals surface area (Å²) in [5.74, 6) is 1.06. The molecule has 0 bridgehead atoms. The smallest absolute Gasteiger partial charge is 0.287 e. The second kappa shape index (κ2) is 9.08. The van der Waals surface area contributed by atoms with Crippen molar-refractivity contribution in [2.75, 3.05) is 11.5 Å². The van der Waals surface area contributed by atoms with Gasteiger partial charge in [0.25, 0.3) is 11.8 Å². The van der Waals surface area contributed by atoms with Crippen LogP contribution in [-0.4, -0.2) is 24.5 Å². The zero-order valence-corrected chi connectivity index (χ0v) is 17.8. The minimum absolute atomic E-state index is 0.0109. The summed E-state index contributed by atoms with van der Waals surface area (Å²) in [6.07, 6.45) is 1.73. The highest BCUT2D eigenvalue weighted by Crippen LogP contribution is 2.34. The number of nitrogens with one attached hydrogen (secondary N) is 1. The number of aryl methyl sites for hydroxylation is 2. The molecule has 0 radical (unpaired) electrons. The van der Waals surface area contributed by atoms with E-state index in [-0.39, 0.29) is 36.8 Å². The van der Waals surface area contributed by atoms with Crippen LogP contribution in [0.15, 0.2) is 65.1 Å². The van der Waals surface area contributed by atoms with Crippen LogP contribution < -0.4 is 15.0 Å². The van der Waals surface area contributed by atoms with Gasteiger partial charge >= 0.3 is 0 Å². The van der Waals surface area contributed by atoms with Crippen molar-refractivity contribution in [3.05, 3.63) is 83.3 Å². The highest BCUT2D eigenvalue weighted by atomic mass is 16.5. The zero-order chi connectivity index (χ0) is 21.8. The number of ether oxygens (including phenoxy) is 1. The first-order valence-electron chi connectivity index (χ1n) is 10.5. The fourth-order valence-electron chi connectivity index (χ4n) is 3.62. The van der Waals surface area contributed by atoms with Crippen LogP contribution in [0.3, 0.4) is 0 Å². The molecule has 6 nitrogen and oxygen atoms in total. The topological polar surface area (TPSA) is 71.8 Å². The molecule has 160 valence electrons. The Morgan fingerprint density at radius 2 is 1.94 bits per heavy atom. The second-order valence-electron chi connectivity index (χ2n) is 7.90. The number of hydrogen-bond acceptors (Lipinski definition) is 4. The van der Waals surface area contributed by atoms with Crippen molar-refractivity contribution >= 4 is 17.5 Å². The number of furan rings is 1. The van der Waals surface area contributed by atoms with Gasteiger partial charge in [0.05, 0.1) is 12.2 Å².